The van der Waals surface area contributed by atoms with Gasteiger partial charge in [0.2, 0.25) is 0 Å². The average Bonchev–Trinajstić information content (AvgIpc) is 1.97. The summed E-state index contributed by atoms with van der Waals surface area (Å²) in [6.45, 7) is 4.21. The predicted octanol–water partition coefficient (Wildman–Crippen LogP) is 3.76. The van der Waals surface area contributed by atoms with Crippen molar-refractivity contribution in [2.75, 3.05) is 0 Å². The molecule has 0 heteroatoms. The monoisotopic (exact) mass is 130 g/mol. The molecule has 0 aromatic rings. The molecule has 0 radical (unpaired) electrons. The lowest BCUT2D eigenvalue weighted by molar-refractivity contribution is 0.602. The minimum absolute atomic E-state index is 0.740. The second-order valence-corrected chi connectivity index (χ2v) is 2.46. The van der Waals surface area contributed by atoms with Gasteiger partial charge in [-0.2, -0.15) is 0 Å². The van der Waals surface area contributed by atoms with Gasteiger partial charge in [-0.05, 0) is 0 Å². The van der Waals surface area contributed by atoms with Gasteiger partial charge in [-0.1, -0.05) is 58.7 Å². The third kappa shape index (κ3) is 8.00. The first-order valence-corrected chi connectivity index (χ1v) is 4.12. The fourth-order valence-electron chi connectivity index (χ4n) is 0.729. The van der Waals surface area contributed by atoms with Crippen molar-refractivity contribution in [3.05, 3.63) is 0 Å². The van der Waals surface area contributed by atoms with E-state index in [0.29, 0.717) is 0 Å². The lowest BCUT2D eigenvalue weighted by atomic mass is 10.1. The summed E-state index contributed by atoms with van der Waals surface area (Å²) in [6.07, 6.45) is 4.84. The summed E-state index contributed by atoms with van der Waals surface area (Å²) in [5.41, 5.74) is 0. The highest BCUT2D eigenvalue weighted by Gasteiger charge is 1.85. The van der Waals surface area contributed by atoms with Crippen molar-refractivity contribution >= 4 is 0 Å². The van der Waals surface area contributed by atoms with E-state index >= 15 is 0 Å². The standard InChI is InChI=1S/C9H20/c1-3-5-7-9-8-6-4-2/h3-9H2,1-2H3/i9D2. The molecule has 0 amide bonds. The molecule has 0 aromatic heterocycles. The van der Waals surface area contributed by atoms with Crippen molar-refractivity contribution in [1.29, 1.82) is 0 Å². The summed E-state index contributed by atoms with van der Waals surface area (Å²) >= 11 is 0. The second kappa shape index (κ2) is 8.00. The molecule has 0 spiro atoms. The average molecular weight is 130 g/mol. The lowest BCUT2D eigenvalue weighted by Gasteiger charge is -1.96. The zero-order valence-corrected chi connectivity index (χ0v) is 6.74. The summed E-state index contributed by atoms with van der Waals surface area (Å²) in [5.74, 6) is 0. The minimum Gasteiger partial charge on any atom is -0.0654 e. The quantitative estimate of drug-likeness (QED) is 0.513. The van der Waals surface area contributed by atoms with Gasteiger partial charge in [-0.15, -0.1) is 0 Å². The maximum atomic E-state index is 7.60. The Morgan fingerprint density at radius 1 is 0.889 bits per heavy atom. The Hall–Kier alpha value is 0. The van der Waals surface area contributed by atoms with Gasteiger partial charge < -0.3 is 0 Å². The highest BCUT2D eigenvalue weighted by atomic mass is 13.9. The smallest absolute Gasteiger partial charge is 0.0267 e. The van der Waals surface area contributed by atoms with E-state index in [2.05, 4.69) is 13.8 Å². The molecule has 0 fully saturated rings. The molecule has 0 aliphatic rings. The number of hydrogen-bond acceptors (Lipinski definition) is 0. The molecule has 0 nitrogen and oxygen atoms in total. The van der Waals surface area contributed by atoms with Crippen molar-refractivity contribution < 1.29 is 2.74 Å². The van der Waals surface area contributed by atoms with Crippen molar-refractivity contribution in [1.82, 2.24) is 0 Å². The van der Waals surface area contributed by atoms with Crippen LogP contribution in [0.4, 0.5) is 0 Å². The molecule has 0 aliphatic carbocycles. The van der Waals surface area contributed by atoms with Crippen LogP contribution in [-0.4, -0.2) is 0 Å². The maximum absolute atomic E-state index is 7.60. The van der Waals surface area contributed by atoms with Gasteiger partial charge in [0, 0.05) is 2.74 Å². The normalized spacial score (nSPS) is 14.9. The van der Waals surface area contributed by atoms with Gasteiger partial charge in [0.05, 0.1) is 0 Å². The van der Waals surface area contributed by atoms with Gasteiger partial charge in [-0.25, -0.2) is 0 Å². The molecule has 0 saturated heterocycles. The fraction of sp³-hybridized carbons (Fsp3) is 1.00. The summed E-state index contributed by atoms with van der Waals surface area (Å²) in [5, 5.41) is 0. The van der Waals surface area contributed by atoms with Crippen LogP contribution < -0.4 is 0 Å². The number of hydrogen-bond donors (Lipinski definition) is 0. The zero-order valence-electron chi connectivity index (χ0n) is 8.74. The van der Waals surface area contributed by atoms with E-state index in [4.69, 9.17) is 2.74 Å². The van der Waals surface area contributed by atoms with Crippen LogP contribution in [0.3, 0.4) is 0 Å². The molecule has 0 unspecified atom stereocenters. The van der Waals surface area contributed by atoms with E-state index < -0.39 is 6.37 Å². The van der Waals surface area contributed by atoms with Crippen LogP contribution in [0.15, 0.2) is 0 Å². The first-order chi connectivity index (χ1) is 5.12. The Kier molecular flexibility index (Phi) is 5.12. The SMILES string of the molecule is [2H]C([2H])(CCCC)CCCC. The molecular weight excluding hydrogens is 108 g/mol. The Labute approximate surface area is 62.5 Å². The first-order valence-electron chi connectivity index (χ1n) is 5.12. The molecule has 0 rings (SSSR count). The van der Waals surface area contributed by atoms with Crippen molar-refractivity contribution in [3.8, 4) is 0 Å². The minimum atomic E-state index is -0.897. The van der Waals surface area contributed by atoms with E-state index in [9.17, 15) is 0 Å². The van der Waals surface area contributed by atoms with Gasteiger partial charge in [-0.3, -0.25) is 0 Å². The largest absolute Gasteiger partial charge is 0.0654 e. The van der Waals surface area contributed by atoms with Crippen molar-refractivity contribution in [3.63, 3.8) is 0 Å². The van der Waals surface area contributed by atoms with E-state index in [1.54, 1.807) is 0 Å². The predicted molar refractivity (Wildman–Crippen MR) is 43.7 cm³/mol. The third-order valence-corrected chi connectivity index (χ3v) is 1.41. The van der Waals surface area contributed by atoms with Gasteiger partial charge in [0.1, 0.15) is 0 Å². The highest BCUT2D eigenvalue weighted by molar-refractivity contribution is 4.41. The number of rotatable bonds is 6. The van der Waals surface area contributed by atoms with Gasteiger partial charge in [0.15, 0.2) is 0 Å². The summed E-state index contributed by atoms with van der Waals surface area (Å²) in [4.78, 5) is 0. The van der Waals surface area contributed by atoms with Crippen LogP contribution >= 0.6 is 0 Å². The third-order valence-electron chi connectivity index (χ3n) is 1.41. The van der Waals surface area contributed by atoms with Crippen LogP contribution in [0.1, 0.15) is 61.5 Å². The molecule has 0 atom stereocenters. The Balaban J connectivity index is 3.43. The highest BCUT2D eigenvalue weighted by Crippen LogP contribution is 2.05. The van der Waals surface area contributed by atoms with Crippen LogP contribution in [0, 0.1) is 0 Å². The van der Waals surface area contributed by atoms with E-state index in [-0.39, 0.29) is 0 Å². The number of unbranched alkanes of at least 4 members (excludes halogenated alkanes) is 2. The van der Waals surface area contributed by atoms with Gasteiger partial charge in [0.25, 0.3) is 0 Å². The van der Waals surface area contributed by atoms with E-state index in [1.807, 2.05) is 0 Å². The van der Waals surface area contributed by atoms with Crippen LogP contribution in [-0.2, 0) is 0 Å². The molecule has 0 bridgehead atoms. The van der Waals surface area contributed by atoms with Crippen molar-refractivity contribution in [2.45, 2.75) is 58.7 Å². The molecule has 0 heterocycles. The zero-order chi connectivity index (χ0) is 8.74. The van der Waals surface area contributed by atoms with E-state index in [1.165, 1.54) is 0 Å². The molecule has 56 valence electrons. The summed E-state index contributed by atoms with van der Waals surface area (Å²) < 4.78 is 15.2. The molecular formula is C9H20. The first kappa shape index (κ1) is 5.76. The fourth-order valence-corrected chi connectivity index (χ4v) is 0.729. The lowest BCUT2D eigenvalue weighted by Crippen LogP contribution is -1.76. The van der Waals surface area contributed by atoms with Crippen LogP contribution in [0.25, 0.3) is 0 Å². The van der Waals surface area contributed by atoms with Crippen LogP contribution in [0.2, 0.25) is 0 Å². The molecule has 0 aliphatic heterocycles. The second-order valence-electron chi connectivity index (χ2n) is 2.46. The van der Waals surface area contributed by atoms with Gasteiger partial charge >= 0.3 is 0 Å². The molecule has 9 heavy (non-hydrogen) atoms. The summed E-state index contributed by atoms with van der Waals surface area (Å²) in [6, 6.07) is 0. The Morgan fingerprint density at radius 3 is 1.67 bits per heavy atom. The summed E-state index contributed by atoms with van der Waals surface area (Å²) in [7, 11) is 0. The van der Waals surface area contributed by atoms with Crippen molar-refractivity contribution in [2.24, 2.45) is 0 Å². The molecule has 0 saturated carbocycles. The molecule has 0 N–H and O–H groups in total. The molecule has 0 aromatic carbocycles. The Morgan fingerprint density at radius 2 is 1.33 bits per heavy atom. The van der Waals surface area contributed by atoms with E-state index in [0.717, 1.165) is 38.5 Å². The topological polar surface area (TPSA) is 0 Å². The Bertz CT molecular complexity index is 79.6. The van der Waals surface area contributed by atoms with Crippen LogP contribution in [0.5, 0.6) is 0 Å². The maximum Gasteiger partial charge on any atom is 0.0267 e.